The fourth-order valence-electron chi connectivity index (χ4n) is 2.94. The summed E-state index contributed by atoms with van der Waals surface area (Å²) in [6, 6.07) is 0.843. The number of nitrogens with one attached hydrogen (secondary N) is 1. The van der Waals surface area contributed by atoms with E-state index in [4.69, 9.17) is 4.74 Å². The van der Waals surface area contributed by atoms with Crippen LogP contribution in [-0.2, 0) is 9.53 Å². The van der Waals surface area contributed by atoms with Crippen LogP contribution in [0.5, 0.6) is 0 Å². The molecule has 4 heteroatoms. The van der Waals surface area contributed by atoms with Crippen molar-refractivity contribution >= 4 is 5.97 Å². The Hall–Kier alpha value is -0.610. The van der Waals surface area contributed by atoms with E-state index in [1.165, 1.54) is 32.4 Å². The highest BCUT2D eigenvalue weighted by Gasteiger charge is 2.33. The van der Waals surface area contributed by atoms with Gasteiger partial charge in [0.25, 0.3) is 0 Å². The molecule has 1 aliphatic rings. The van der Waals surface area contributed by atoms with Crippen molar-refractivity contribution < 1.29 is 9.53 Å². The van der Waals surface area contributed by atoms with Crippen molar-refractivity contribution in [2.75, 3.05) is 26.2 Å². The average molecular weight is 298 g/mol. The van der Waals surface area contributed by atoms with Crippen molar-refractivity contribution in [3.05, 3.63) is 0 Å². The Kier molecular flexibility index (Phi) is 8.27. The molecule has 1 saturated carbocycles. The Morgan fingerprint density at radius 1 is 1.24 bits per heavy atom. The minimum Gasteiger partial charge on any atom is -0.465 e. The number of ether oxygens (including phenoxy) is 1. The maximum atomic E-state index is 12.1. The topological polar surface area (TPSA) is 41.6 Å². The largest absolute Gasteiger partial charge is 0.465 e. The molecule has 21 heavy (non-hydrogen) atoms. The lowest BCUT2D eigenvalue weighted by Crippen LogP contribution is -2.50. The van der Waals surface area contributed by atoms with Crippen molar-refractivity contribution in [3.8, 4) is 0 Å². The highest BCUT2D eigenvalue weighted by molar-refractivity contribution is 5.80. The first kappa shape index (κ1) is 18.4. The van der Waals surface area contributed by atoms with Crippen molar-refractivity contribution in [3.63, 3.8) is 0 Å². The van der Waals surface area contributed by atoms with Crippen LogP contribution >= 0.6 is 0 Å². The van der Waals surface area contributed by atoms with Crippen LogP contribution in [0.25, 0.3) is 0 Å². The average Bonchev–Trinajstić information content (AvgIpc) is 3.27. The highest BCUT2D eigenvalue weighted by Crippen LogP contribution is 2.27. The molecule has 0 aromatic carbocycles. The molecule has 1 atom stereocenters. The van der Waals surface area contributed by atoms with E-state index in [9.17, 15) is 4.79 Å². The Labute approximate surface area is 130 Å². The van der Waals surface area contributed by atoms with E-state index in [2.05, 4.69) is 17.1 Å². The molecule has 124 valence electrons. The summed E-state index contributed by atoms with van der Waals surface area (Å²) in [5, 5.41) is 3.30. The molecule has 0 amide bonds. The normalized spacial score (nSPS) is 17.8. The molecule has 4 nitrogen and oxygen atoms in total. The van der Waals surface area contributed by atoms with Crippen LogP contribution in [0.3, 0.4) is 0 Å². The molecule has 0 aliphatic heterocycles. The third-order valence-corrected chi connectivity index (χ3v) is 4.24. The molecule has 0 radical (unpaired) electrons. The number of hydrogen-bond acceptors (Lipinski definition) is 4. The summed E-state index contributed by atoms with van der Waals surface area (Å²) >= 11 is 0. The van der Waals surface area contributed by atoms with Gasteiger partial charge in [0, 0.05) is 6.04 Å². The number of hydrogen-bond donors (Lipinski definition) is 1. The predicted octanol–water partition coefficient (Wildman–Crippen LogP) is 2.96. The van der Waals surface area contributed by atoms with E-state index in [-0.39, 0.29) is 5.97 Å². The lowest BCUT2D eigenvalue weighted by Gasteiger charge is -2.28. The number of unbranched alkanes of at least 4 members (excludes halogenated alkanes) is 1. The van der Waals surface area contributed by atoms with Crippen LogP contribution in [0.4, 0.5) is 0 Å². The summed E-state index contributed by atoms with van der Waals surface area (Å²) in [5.74, 6) is -0.112. The molecule has 1 aliphatic carbocycles. The zero-order valence-electron chi connectivity index (χ0n) is 14.4. The summed E-state index contributed by atoms with van der Waals surface area (Å²) in [4.78, 5) is 14.7. The minimum atomic E-state index is -0.528. The summed E-state index contributed by atoms with van der Waals surface area (Å²) < 4.78 is 5.21. The summed E-state index contributed by atoms with van der Waals surface area (Å²) in [5.41, 5.74) is -0.528. The fraction of sp³-hybridized carbons (Fsp3) is 0.941. The van der Waals surface area contributed by atoms with Gasteiger partial charge in [-0.3, -0.25) is 4.79 Å². The van der Waals surface area contributed by atoms with Crippen molar-refractivity contribution in [2.24, 2.45) is 0 Å². The van der Waals surface area contributed by atoms with Gasteiger partial charge in [-0.2, -0.15) is 0 Å². The molecule has 0 aromatic heterocycles. The van der Waals surface area contributed by atoms with Crippen LogP contribution in [-0.4, -0.2) is 48.7 Å². The first-order valence-electron chi connectivity index (χ1n) is 8.73. The first-order valence-corrected chi connectivity index (χ1v) is 8.73. The van der Waals surface area contributed by atoms with Crippen LogP contribution in [0.2, 0.25) is 0 Å². The second-order valence-corrected chi connectivity index (χ2v) is 6.31. The van der Waals surface area contributed by atoms with Gasteiger partial charge in [0.2, 0.25) is 0 Å². The van der Waals surface area contributed by atoms with E-state index in [1.807, 2.05) is 20.8 Å². The quantitative estimate of drug-likeness (QED) is 0.444. The van der Waals surface area contributed by atoms with Crippen molar-refractivity contribution in [1.82, 2.24) is 10.2 Å². The van der Waals surface area contributed by atoms with E-state index in [0.29, 0.717) is 6.61 Å². The molecule has 1 fully saturated rings. The van der Waals surface area contributed by atoms with Gasteiger partial charge in [-0.15, -0.1) is 0 Å². The van der Waals surface area contributed by atoms with Crippen LogP contribution in [0.15, 0.2) is 0 Å². The molecular formula is C17H34N2O2. The van der Waals surface area contributed by atoms with Crippen molar-refractivity contribution in [1.29, 1.82) is 0 Å². The predicted molar refractivity (Wildman–Crippen MR) is 87.5 cm³/mol. The number of rotatable bonds is 12. The van der Waals surface area contributed by atoms with Gasteiger partial charge in [-0.25, -0.2) is 0 Å². The molecule has 1 unspecified atom stereocenters. The molecule has 0 spiro atoms. The summed E-state index contributed by atoms with van der Waals surface area (Å²) in [6.07, 6.45) is 7.06. The van der Waals surface area contributed by atoms with E-state index in [1.54, 1.807) is 0 Å². The molecule has 0 aromatic rings. The van der Waals surface area contributed by atoms with Crippen LogP contribution in [0, 0.1) is 0 Å². The fourth-order valence-corrected chi connectivity index (χ4v) is 2.94. The zero-order valence-corrected chi connectivity index (χ0v) is 14.4. The highest BCUT2D eigenvalue weighted by atomic mass is 16.5. The van der Waals surface area contributed by atoms with Gasteiger partial charge >= 0.3 is 5.97 Å². The molecule has 0 saturated heterocycles. The minimum absolute atomic E-state index is 0.112. The van der Waals surface area contributed by atoms with Gasteiger partial charge in [0.15, 0.2) is 0 Å². The Bertz CT molecular complexity index is 305. The van der Waals surface area contributed by atoms with Crippen LogP contribution < -0.4 is 5.32 Å². The lowest BCUT2D eigenvalue weighted by atomic mass is 9.94. The van der Waals surface area contributed by atoms with Gasteiger partial charge in [-0.05, 0) is 72.0 Å². The number of carbonyl (C=O) groups is 1. The second-order valence-electron chi connectivity index (χ2n) is 6.31. The van der Waals surface area contributed by atoms with Gasteiger partial charge < -0.3 is 15.0 Å². The Balaban J connectivity index is 2.33. The van der Waals surface area contributed by atoms with E-state index < -0.39 is 5.54 Å². The number of likely N-dealkylation sites (N-methyl/N-ethyl adjacent to an activating group) is 1. The monoisotopic (exact) mass is 298 g/mol. The third-order valence-electron chi connectivity index (χ3n) is 4.24. The van der Waals surface area contributed by atoms with Gasteiger partial charge in [-0.1, -0.05) is 13.8 Å². The number of carbonyl (C=O) groups excluding carboxylic acids is 1. The standard InChI is InChI=1S/C17H34N2O2/c1-5-13-19(15-10-11-15)14-9-8-12-17(4,18-6-2)16(20)21-7-3/h15,18H,5-14H2,1-4H3. The van der Waals surface area contributed by atoms with Gasteiger partial charge in [0.05, 0.1) is 6.61 Å². The third kappa shape index (κ3) is 6.35. The van der Waals surface area contributed by atoms with E-state index >= 15 is 0 Å². The number of esters is 1. The molecular weight excluding hydrogens is 264 g/mol. The summed E-state index contributed by atoms with van der Waals surface area (Å²) in [6.45, 7) is 11.7. The summed E-state index contributed by atoms with van der Waals surface area (Å²) in [7, 11) is 0. The smallest absolute Gasteiger partial charge is 0.326 e. The zero-order chi connectivity index (χ0) is 15.7. The van der Waals surface area contributed by atoms with Crippen LogP contribution in [0.1, 0.15) is 66.2 Å². The molecule has 1 N–H and O–H groups in total. The lowest BCUT2D eigenvalue weighted by molar-refractivity contribution is -0.150. The number of nitrogens with zero attached hydrogens (tertiary/aromatic N) is 1. The molecule has 1 rings (SSSR count). The maximum Gasteiger partial charge on any atom is 0.326 e. The SMILES string of the molecule is CCCN(CCCCC(C)(NCC)C(=O)OCC)C1CC1. The first-order chi connectivity index (χ1) is 10.1. The Morgan fingerprint density at radius 2 is 1.95 bits per heavy atom. The van der Waals surface area contributed by atoms with Crippen molar-refractivity contribution in [2.45, 2.75) is 77.8 Å². The second kappa shape index (κ2) is 9.42. The Morgan fingerprint density at radius 3 is 2.48 bits per heavy atom. The van der Waals surface area contributed by atoms with Gasteiger partial charge in [0.1, 0.15) is 5.54 Å². The maximum absolute atomic E-state index is 12.1. The molecule has 0 bridgehead atoms. The van der Waals surface area contributed by atoms with E-state index in [0.717, 1.165) is 31.8 Å². The molecule has 0 heterocycles.